The summed E-state index contributed by atoms with van der Waals surface area (Å²) >= 11 is 0. The van der Waals surface area contributed by atoms with Gasteiger partial charge in [0.2, 0.25) is 5.91 Å². The minimum atomic E-state index is 0.303. The Morgan fingerprint density at radius 1 is 1.27 bits per heavy atom. The zero-order valence-corrected chi connectivity index (χ0v) is 9.09. The molecule has 1 fully saturated rings. The molecule has 0 atom stereocenters. The van der Waals surface area contributed by atoms with Gasteiger partial charge in [-0.25, -0.2) is 0 Å². The number of carbonyl (C=O) groups excluding carboxylic acids is 1. The lowest BCUT2D eigenvalue weighted by Gasteiger charge is -2.14. The number of nitrogens with zero attached hydrogens (tertiary/aromatic N) is 1. The number of terminal acetylenes is 1. The summed E-state index contributed by atoms with van der Waals surface area (Å²) in [6.07, 6.45) is 10.7. The van der Waals surface area contributed by atoms with Crippen molar-refractivity contribution in [1.82, 2.24) is 4.90 Å². The standard InChI is InChI=1S/C13H17NO/c1-2-3-4-5-6-7-10-13(15)14-11-8-9-12-14/h1H,5-12H2. The van der Waals surface area contributed by atoms with Gasteiger partial charge in [-0.1, -0.05) is 5.92 Å². The average Bonchev–Trinajstić information content (AvgIpc) is 2.76. The molecule has 0 aromatic rings. The van der Waals surface area contributed by atoms with E-state index in [1.54, 1.807) is 0 Å². The van der Waals surface area contributed by atoms with Gasteiger partial charge in [0.1, 0.15) is 0 Å². The first-order chi connectivity index (χ1) is 7.34. The van der Waals surface area contributed by atoms with E-state index >= 15 is 0 Å². The number of carbonyl (C=O) groups is 1. The normalized spacial score (nSPS) is 14.2. The maximum atomic E-state index is 11.6. The molecule has 0 unspecified atom stereocenters. The van der Waals surface area contributed by atoms with E-state index in [0.29, 0.717) is 12.3 Å². The predicted molar refractivity (Wildman–Crippen MR) is 60.9 cm³/mol. The lowest BCUT2D eigenvalue weighted by atomic mass is 10.2. The molecule has 0 aromatic carbocycles. The average molecular weight is 203 g/mol. The van der Waals surface area contributed by atoms with Gasteiger partial charge in [0, 0.05) is 25.9 Å². The van der Waals surface area contributed by atoms with Gasteiger partial charge in [-0.15, -0.1) is 6.42 Å². The molecule has 0 radical (unpaired) electrons. The predicted octanol–water partition coefficient (Wildman–Crippen LogP) is 1.81. The van der Waals surface area contributed by atoms with Crippen LogP contribution in [-0.2, 0) is 4.79 Å². The summed E-state index contributed by atoms with van der Waals surface area (Å²) in [7, 11) is 0. The number of unbranched alkanes of at least 4 members (excludes halogenated alkanes) is 2. The van der Waals surface area contributed by atoms with Crippen LogP contribution in [0.25, 0.3) is 0 Å². The summed E-state index contributed by atoms with van der Waals surface area (Å²) in [5.74, 6) is 8.02. The van der Waals surface area contributed by atoms with Gasteiger partial charge in [0.15, 0.2) is 0 Å². The molecule has 0 aliphatic carbocycles. The van der Waals surface area contributed by atoms with Crippen LogP contribution in [0.5, 0.6) is 0 Å². The van der Waals surface area contributed by atoms with E-state index in [1.165, 1.54) is 12.8 Å². The molecule has 2 nitrogen and oxygen atoms in total. The van der Waals surface area contributed by atoms with Gasteiger partial charge in [-0.2, -0.15) is 0 Å². The Bertz CT molecular complexity index is 297. The van der Waals surface area contributed by atoms with Crippen molar-refractivity contribution in [2.75, 3.05) is 13.1 Å². The Morgan fingerprint density at radius 2 is 2.00 bits per heavy atom. The molecule has 1 aliphatic rings. The lowest BCUT2D eigenvalue weighted by molar-refractivity contribution is -0.130. The molecule has 2 heteroatoms. The summed E-state index contributed by atoms with van der Waals surface area (Å²) in [4.78, 5) is 13.6. The third-order valence-corrected chi connectivity index (χ3v) is 2.56. The summed E-state index contributed by atoms with van der Waals surface area (Å²) < 4.78 is 0. The van der Waals surface area contributed by atoms with E-state index in [1.807, 2.05) is 4.90 Å². The van der Waals surface area contributed by atoms with Crippen molar-refractivity contribution < 1.29 is 4.79 Å². The molecule has 1 rings (SSSR count). The summed E-state index contributed by atoms with van der Waals surface area (Å²) in [5.41, 5.74) is 0. The van der Waals surface area contributed by atoms with Crippen molar-refractivity contribution >= 4 is 5.91 Å². The molecule has 1 aliphatic heterocycles. The van der Waals surface area contributed by atoms with Crippen LogP contribution in [0.3, 0.4) is 0 Å². The van der Waals surface area contributed by atoms with Crippen molar-refractivity contribution in [1.29, 1.82) is 0 Å². The fourth-order valence-electron chi connectivity index (χ4n) is 1.73. The third kappa shape index (κ3) is 4.56. The molecular weight excluding hydrogens is 186 g/mol. The highest BCUT2D eigenvalue weighted by Crippen LogP contribution is 2.10. The molecule has 0 aromatic heterocycles. The summed E-state index contributed by atoms with van der Waals surface area (Å²) in [6.45, 7) is 1.91. The molecule has 0 saturated carbocycles. The van der Waals surface area contributed by atoms with Crippen LogP contribution < -0.4 is 0 Å². The molecular formula is C13H17NO. The molecule has 0 bridgehead atoms. The highest BCUT2D eigenvalue weighted by Gasteiger charge is 2.16. The molecule has 1 amide bonds. The second-order valence-corrected chi connectivity index (χ2v) is 3.74. The molecule has 1 saturated heterocycles. The van der Waals surface area contributed by atoms with E-state index in [0.717, 1.165) is 32.4 Å². The van der Waals surface area contributed by atoms with Gasteiger partial charge >= 0.3 is 0 Å². The summed E-state index contributed by atoms with van der Waals surface area (Å²) in [6, 6.07) is 0. The second-order valence-electron chi connectivity index (χ2n) is 3.74. The SMILES string of the molecule is C#CC#CCCCCC(=O)N1CCCC1. The van der Waals surface area contributed by atoms with Crippen LogP contribution in [0.4, 0.5) is 0 Å². The quantitative estimate of drug-likeness (QED) is 0.504. The Labute approximate surface area is 92.0 Å². The monoisotopic (exact) mass is 203 g/mol. The number of hydrogen-bond acceptors (Lipinski definition) is 1. The Morgan fingerprint density at radius 3 is 2.67 bits per heavy atom. The van der Waals surface area contributed by atoms with Crippen molar-refractivity contribution in [3.63, 3.8) is 0 Å². The Balaban J connectivity index is 2.04. The van der Waals surface area contributed by atoms with Crippen LogP contribution >= 0.6 is 0 Å². The van der Waals surface area contributed by atoms with Gasteiger partial charge in [0.25, 0.3) is 0 Å². The van der Waals surface area contributed by atoms with E-state index in [4.69, 9.17) is 6.42 Å². The molecule has 0 spiro atoms. The largest absolute Gasteiger partial charge is 0.343 e. The summed E-state index contributed by atoms with van der Waals surface area (Å²) in [5, 5.41) is 0. The molecule has 15 heavy (non-hydrogen) atoms. The minimum absolute atomic E-state index is 0.303. The molecule has 1 heterocycles. The highest BCUT2D eigenvalue weighted by atomic mass is 16.2. The van der Waals surface area contributed by atoms with E-state index in [-0.39, 0.29) is 0 Å². The second kappa shape index (κ2) is 6.96. The fraction of sp³-hybridized carbons (Fsp3) is 0.615. The molecule has 0 N–H and O–H groups in total. The van der Waals surface area contributed by atoms with Crippen LogP contribution in [0.15, 0.2) is 0 Å². The van der Waals surface area contributed by atoms with E-state index < -0.39 is 0 Å². The Kier molecular flexibility index (Phi) is 5.41. The first-order valence-corrected chi connectivity index (χ1v) is 5.56. The number of likely N-dealkylation sites (tertiary alicyclic amines) is 1. The maximum Gasteiger partial charge on any atom is 0.222 e. The van der Waals surface area contributed by atoms with E-state index in [2.05, 4.69) is 17.8 Å². The maximum absolute atomic E-state index is 11.6. The Hall–Kier alpha value is -1.41. The zero-order chi connectivity index (χ0) is 10.9. The van der Waals surface area contributed by atoms with Crippen molar-refractivity contribution in [2.24, 2.45) is 0 Å². The third-order valence-electron chi connectivity index (χ3n) is 2.56. The fourth-order valence-corrected chi connectivity index (χ4v) is 1.73. The molecule has 80 valence electrons. The highest BCUT2D eigenvalue weighted by molar-refractivity contribution is 5.76. The smallest absolute Gasteiger partial charge is 0.222 e. The number of amides is 1. The topological polar surface area (TPSA) is 20.3 Å². The first-order valence-electron chi connectivity index (χ1n) is 5.56. The van der Waals surface area contributed by atoms with Gasteiger partial charge in [-0.05, 0) is 37.5 Å². The van der Waals surface area contributed by atoms with E-state index in [9.17, 15) is 4.79 Å². The van der Waals surface area contributed by atoms with Gasteiger partial charge < -0.3 is 4.90 Å². The van der Waals surface area contributed by atoms with Gasteiger partial charge in [-0.3, -0.25) is 4.79 Å². The van der Waals surface area contributed by atoms with Crippen LogP contribution in [0, 0.1) is 24.2 Å². The van der Waals surface area contributed by atoms with Crippen LogP contribution in [-0.4, -0.2) is 23.9 Å². The van der Waals surface area contributed by atoms with Crippen LogP contribution in [0.1, 0.15) is 38.5 Å². The number of rotatable bonds is 4. The van der Waals surface area contributed by atoms with Crippen LogP contribution in [0.2, 0.25) is 0 Å². The number of hydrogen-bond donors (Lipinski definition) is 0. The zero-order valence-electron chi connectivity index (χ0n) is 9.09. The van der Waals surface area contributed by atoms with Crippen molar-refractivity contribution in [2.45, 2.75) is 38.5 Å². The minimum Gasteiger partial charge on any atom is -0.343 e. The van der Waals surface area contributed by atoms with Gasteiger partial charge in [0.05, 0.1) is 0 Å². The lowest BCUT2D eigenvalue weighted by Crippen LogP contribution is -2.27. The first kappa shape index (κ1) is 11.7. The van der Waals surface area contributed by atoms with Crippen molar-refractivity contribution in [3.05, 3.63) is 0 Å². The van der Waals surface area contributed by atoms with Crippen molar-refractivity contribution in [3.8, 4) is 24.2 Å².